The fraction of sp³-hybridized carbons (Fsp3) is 0.333. The number of fused-ring (bicyclic) bond motifs is 1. The van der Waals surface area contributed by atoms with Crippen LogP contribution in [0.5, 0.6) is 0 Å². The molecule has 2 aromatic heterocycles. The number of amides is 1. The predicted molar refractivity (Wildman–Crippen MR) is 103 cm³/mol. The maximum Gasteiger partial charge on any atom is 0.268 e. The number of pyridine rings is 1. The van der Waals surface area contributed by atoms with Crippen molar-refractivity contribution in [3.05, 3.63) is 66.1 Å². The molecule has 3 heterocycles. The van der Waals surface area contributed by atoms with E-state index in [1.165, 1.54) is 0 Å². The van der Waals surface area contributed by atoms with Gasteiger partial charge in [0.1, 0.15) is 5.69 Å². The van der Waals surface area contributed by atoms with Crippen molar-refractivity contribution in [1.82, 2.24) is 19.8 Å². The Morgan fingerprint density at radius 2 is 1.92 bits per heavy atom. The number of aromatic nitrogens is 2. The Kier molecular flexibility index (Phi) is 4.71. The molecule has 1 fully saturated rings. The summed E-state index contributed by atoms with van der Waals surface area (Å²) in [5.41, 5.74) is 2.91. The second kappa shape index (κ2) is 7.30. The van der Waals surface area contributed by atoms with Crippen LogP contribution in [0.25, 0.3) is 10.9 Å². The van der Waals surface area contributed by atoms with Crippen LogP contribution in [0.4, 0.5) is 0 Å². The van der Waals surface area contributed by atoms with E-state index in [9.17, 15) is 4.79 Å². The monoisotopic (exact) mass is 348 g/mol. The number of carbonyl (C=O) groups is 1. The van der Waals surface area contributed by atoms with Crippen molar-refractivity contribution in [2.75, 3.05) is 13.1 Å². The normalized spacial score (nSPS) is 16.0. The summed E-state index contributed by atoms with van der Waals surface area (Å²) in [4.78, 5) is 19.5. The molecule has 1 saturated heterocycles. The first-order chi connectivity index (χ1) is 12.7. The first-order valence-electron chi connectivity index (χ1n) is 9.18. The van der Waals surface area contributed by atoms with E-state index in [0.29, 0.717) is 0 Å². The summed E-state index contributed by atoms with van der Waals surface area (Å²) in [5.74, 6) is 0.0203. The molecular formula is C21H24N4O. The van der Waals surface area contributed by atoms with Crippen LogP contribution in [0.15, 0.2) is 54.7 Å². The molecule has 0 radical (unpaired) electrons. The molecule has 1 aromatic carbocycles. The fourth-order valence-electron chi connectivity index (χ4n) is 3.72. The molecule has 1 aliphatic rings. The molecule has 0 bridgehead atoms. The lowest BCUT2D eigenvalue weighted by Gasteiger charge is -2.32. The van der Waals surface area contributed by atoms with E-state index in [0.717, 1.165) is 54.8 Å². The van der Waals surface area contributed by atoms with Crippen molar-refractivity contribution < 1.29 is 4.79 Å². The number of benzene rings is 1. The van der Waals surface area contributed by atoms with E-state index in [1.807, 2.05) is 60.3 Å². The van der Waals surface area contributed by atoms with Crippen molar-refractivity contribution in [3.8, 4) is 0 Å². The average molecular weight is 348 g/mol. The second-order valence-electron chi connectivity index (χ2n) is 6.99. The van der Waals surface area contributed by atoms with Crippen LogP contribution in [-0.4, -0.2) is 39.5 Å². The van der Waals surface area contributed by atoms with Crippen molar-refractivity contribution >= 4 is 16.8 Å². The maximum absolute atomic E-state index is 12.7. The smallest absolute Gasteiger partial charge is 0.268 e. The highest BCUT2D eigenvalue weighted by molar-refractivity contribution is 5.98. The van der Waals surface area contributed by atoms with E-state index >= 15 is 0 Å². The minimum absolute atomic E-state index is 0.0203. The average Bonchev–Trinajstić information content (AvgIpc) is 3.01. The van der Waals surface area contributed by atoms with Crippen molar-refractivity contribution in [2.24, 2.45) is 7.05 Å². The van der Waals surface area contributed by atoms with Gasteiger partial charge < -0.3 is 9.88 Å². The molecule has 5 nitrogen and oxygen atoms in total. The molecule has 1 aliphatic heterocycles. The summed E-state index contributed by atoms with van der Waals surface area (Å²) >= 11 is 0. The Labute approximate surface area is 153 Å². The Balaban J connectivity index is 1.35. The lowest BCUT2D eigenvalue weighted by Crippen LogP contribution is -2.44. The lowest BCUT2D eigenvalue weighted by atomic mass is 10.0. The topological polar surface area (TPSA) is 50.2 Å². The van der Waals surface area contributed by atoms with Gasteiger partial charge in [0.25, 0.3) is 5.91 Å². The molecule has 0 aliphatic carbocycles. The number of hydrogen-bond acceptors (Lipinski definition) is 3. The van der Waals surface area contributed by atoms with Gasteiger partial charge >= 0.3 is 0 Å². The summed E-state index contributed by atoms with van der Waals surface area (Å²) in [5, 5.41) is 4.32. The van der Waals surface area contributed by atoms with Crippen LogP contribution in [0.3, 0.4) is 0 Å². The van der Waals surface area contributed by atoms with Crippen LogP contribution in [-0.2, 0) is 13.6 Å². The highest BCUT2D eigenvalue weighted by atomic mass is 16.2. The van der Waals surface area contributed by atoms with Crippen LogP contribution in [0, 0.1) is 0 Å². The number of nitrogens with zero attached hydrogens (tertiary/aromatic N) is 3. The zero-order valence-electron chi connectivity index (χ0n) is 15.1. The first kappa shape index (κ1) is 16.8. The third-order valence-corrected chi connectivity index (χ3v) is 5.22. The molecule has 3 aromatic rings. The number of hydrogen-bond donors (Lipinski definition) is 1. The van der Waals surface area contributed by atoms with Gasteiger partial charge in [-0.3, -0.25) is 14.7 Å². The van der Waals surface area contributed by atoms with Gasteiger partial charge in [0.15, 0.2) is 0 Å². The Hall–Kier alpha value is -2.66. The molecule has 1 amide bonds. The third-order valence-electron chi connectivity index (χ3n) is 5.22. The van der Waals surface area contributed by atoms with Crippen molar-refractivity contribution in [1.29, 1.82) is 0 Å². The minimum Gasteiger partial charge on any atom is -0.348 e. The number of carbonyl (C=O) groups excluding carboxylic acids is 1. The highest BCUT2D eigenvalue weighted by Crippen LogP contribution is 2.19. The second-order valence-corrected chi connectivity index (χ2v) is 6.99. The maximum atomic E-state index is 12.7. The molecular weight excluding hydrogens is 324 g/mol. The molecule has 5 heteroatoms. The van der Waals surface area contributed by atoms with Gasteiger partial charge in [-0.2, -0.15) is 0 Å². The summed E-state index contributed by atoms with van der Waals surface area (Å²) in [6, 6.07) is 16.3. The summed E-state index contributed by atoms with van der Waals surface area (Å²) < 4.78 is 1.97. The molecule has 0 spiro atoms. The SMILES string of the molecule is Cn1c(C(=O)NC2CCN(Cc3ccccn3)CC2)cc2ccccc21. The molecule has 134 valence electrons. The lowest BCUT2D eigenvalue weighted by molar-refractivity contribution is 0.0900. The summed E-state index contributed by atoms with van der Waals surface area (Å²) in [7, 11) is 1.95. The van der Waals surface area contributed by atoms with E-state index < -0.39 is 0 Å². The van der Waals surface area contributed by atoms with Crippen LogP contribution < -0.4 is 5.32 Å². The van der Waals surface area contributed by atoms with Crippen LogP contribution >= 0.6 is 0 Å². The molecule has 0 unspecified atom stereocenters. The fourth-order valence-corrected chi connectivity index (χ4v) is 3.72. The summed E-state index contributed by atoms with van der Waals surface area (Å²) in [6.45, 7) is 2.85. The molecule has 0 saturated carbocycles. The van der Waals surface area contributed by atoms with Crippen molar-refractivity contribution in [2.45, 2.75) is 25.4 Å². The van der Waals surface area contributed by atoms with E-state index in [2.05, 4.69) is 21.3 Å². The van der Waals surface area contributed by atoms with Crippen LogP contribution in [0.1, 0.15) is 29.0 Å². The minimum atomic E-state index is 0.0203. The number of para-hydroxylation sites is 1. The largest absolute Gasteiger partial charge is 0.348 e. The molecule has 1 N–H and O–H groups in total. The zero-order chi connectivity index (χ0) is 17.9. The van der Waals surface area contributed by atoms with Gasteiger partial charge in [-0.1, -0.05) is 24.3 Å². The molecule has 0 atom stereocenters. The number of nitrogens with one attached hydrogen (secondary N) is 1. The highest BCUT2D eigenvalue weighted by Gasteiger charge is 2.22. The van der Waals surface area contributed by atoms with Gasteiger partial charge in [-0.05, 0) is 37.1 Å². The van der Waals surface area contributed by atoms with Gasteiger partial charge in [0, 0.05) is 49.8 Å². The van der Waals surface area contributed by atoms with Gasteiger partial charge in [-0.25, -0.2) is 0 Å². The van der Waals surface area contributed by atoms with Gasteiger partial charge in [0.05, 0.1) is 5.69 Å². The number of aryl methyl sites for hydroxylation is 1. The van der Waals surface area contributed by atoms with Crippen LogP contribution in [0.2, 0.25) is 0 Å². The quantitative estimate of drug-likeness (QED) is 0.789. The third kappa shape index (κ3) is 3.48. The number of rotatable bonds is 4. The number of likely N-dealkylation sites (tertiary alicyclic amines) is 1. The molecule has 4 rings (SSSR count). The first-order valence-corrected chi connectivity index (χ1v) is 9.18. The Morgan fingerprint density at radius 3 is 2.65 bits per heavy atom. The molecule has 26 heavy (non-hydrogen) atoms. The van der Waals surface area contributed by atoms with E-state index in [1.54, 1.807) is 0 Å². The van der Waals surface area contributed by atoms with Crippen molar-refractivity contribution in [3.63, 3.8) is 0 Å². The summed E-state index contributed by atoms with van der Waals surface area (Å²) in [6.07, 6.45) is 3.79. The van der Waals surface area contributed by atoms with Gasteiger partial charge in [-0.15, -0.1) is 0 Å². The predicted octanol–water partition coefficient (Wildman–Crippen LogP) is 2.97. The van der Waals surface area contributed by atoms with Gasteiger partial charge in [0.2, 0.25) is 0 Å². The zero-order valence-corrected chi connectivity index (χ0v) is 15.1. The van der Waals surface area contributed by atoms with E-state index in [4.69, 9.17) is 0 Å². The van der Waals surface area contributed by atoms with E-state index in [-0.39, 0.29) is 11.9 Å². The number of piperidine rings is 1. The standard InChI is InChI=1S/C21H24N4O/c1-24-19-8-3-2-6-16(19)14-20(24)21(26)23-17-9-12-25(13-10-17)15-18-7-4-5-11-22-18/h2-8,11,14,17H,9-10,12-13,15H2,1H3,(H,23,26). The Morgan fingerprint density at radius 1 is 1.15 bits per heavy atom. The Bertz CT molecular complexity index is 895.